The van der Waals surface area contributed by atoms with E-state index >= 15 is 0 Å². The van der Waals surface area contributed by atoms with E-state index in [1.807, 2.05) is 49.8 Å². The van der Waals surface area contributed by atoms with E-state index in [4.69, 9.17) is 9.26 Å². The van der Waals surface area contributed by atoms with Crippen LogP contribution in [0.25, 0.3) is 22.4 Å². The topological polar surface area (TPSA) is 86.3 Å². The number of likely N-dealkylation sites (tertiary alicyclic amines) is 1. The molecule has 2 aromatic heterocycles. The molecule has 0 aliphatic carbocycles. The number of hydrogen-bond donors (Lipinski definition) is 0. The molecular weight excluding hydrogens is 358 g/mol. The van der Waals surface area contributed by atoms with Crippen molar-refractivity contribution in [2.45, 2.75) is 52.2 Å². The number of carbonyl (C=O) groups excluding carboxylic acids is 1. The lowest BCUT2D eigenvalue weighted by molar-refractivity contribution is 0.00734. The van der Waals surface area contributed by atoms with Crippen molar-refractivity contribution in [3.63, 3.8) is 0 Å². The molecule has 3 aromatic rings. The minimum absolute atomic E-state index is 0.0648. The maximum atomic E-state index is 12.1. The highest BCUT2D eigenvalue weighted by Gasteiger charge is 2.37. The number of ether oxygens (including phenoxy) is 1. The first-order valence-corrected chi connectivity index (χ1v) is 9.50. The van der Waals surface area contributed by atoms with Crippen molar-refractivity contribution in [1.29, 1.82) is 0 Å². The van der Waals surface area contributed by atoms with Crippen LogP contribution in [0.1, 0.15) is 52.4 Å². The minimum Gasteiger partial charge on any atom is -0.444 e. The first kappa shape index (κ1) is 18.5. The fourth-order valence-electron chi connectivity index (χ4n) is 3.22. The van der Waals surface area contributed by atoms with E-state index in [-0.39, 0.29) is 18.1 Å². The monoisotopic (exact) mass is 383 g/mol. The van der Waals surface area contributed by atoms with Crippen LogP contribution in [0.3, 0.4) is 0 Å². The van der Waals surface area contributed by atoms with Crippen LogP contribution in [-0.2, 0) is 4.74 Å². The van der Waals surface area contributed by atoms with Gasteiger partial charge in [-0.3, -0.25) is 4.68 Å². The van der Waals surface area contributed by atoms with Crippen molar-refractivity contribution in [3.05, 3.63) is 30.2 Å². The molecule has 0 saturated carbocycles. The molecule has 1 aliphatic rings. The van der Waals surface area contributed by atoms with Crippen LogP contribution >= 0.6 is 0 Å². The van der Waals surface area contributed by atoms with Crippen molar-refractivity contribution in [2.24, 2.45) is 0 Å². The number of aromatic nitrogens is 4. The normalized spacial score (nSPS) is 15.3. The average Bonchev–Trinajstić information content (AvgIpc) is 3.17. The largest absolute Gasteiger partial charge is 0.444 e. The van der Waals surface area contributed by atoms with E-state index in [1.165, 1.54) is 0 Å². The number of rotatable bonds is 3. The zero-order valence-corrected chi connectivity index (χ0v) is 16.8. The second-order valence-corrected chi connectivity index (χ2v) is 8.50. The van der Waals surface area contributed by atoms with Gasteiger partial charge in [0.05, 0.1) is 17.6 Å². The van der Waals surface area contributed by atoms with Gasteiger partial charge in [-0.25, -0.2) is 4.79 Å². The molecule has 1 amide bonds. The predicted octanol–water partition coefficient (Wildman–Crippen LogP) is 4.00. The van der Waals surface area contributed by atoms with Gasteiger partial charge >= 0.3 is 6.09 Å². The van der Waals surface area contributed by atoms with Crippen molar-refractivity contribution in [1.82, 2.24) is 24.8 Å². The van der Waals surface area contributed by atoms with Gasteiger partial charge in [0.15, 0.2) is 5.82 Å². The number of amides is 1. The molecule has 1 fully saturated rings. The molecule has 0 unspecified atom stereocenters. The maximum absolute atomic E-state index is 12.1. The van der Waals surface area contributed by atoms with E-state index in [2.05, 4.69) is 29.1 Å². The van der Waals surface area contributed by atoms with Gasteiger partial charge in [-0.1, -0.05) is 11.2 Å². The minimum atomic E-state index is -0.497. The molecule has 8 nitrogen and oxygen atoms in total. The third-order valence-corrected chi connectivity index (χ3v) is 4.67. The van der Waals surface area contributed by atoms with E-state index < -0.39 is 5.60 Å². The van der Waals surface area contributed by atoms with E-state index in [0.29, 0.717) is 24.8 Å². The Hall–Kier alpha value is -2.90. The summed E-state index contributed by atoms with van der Waals surface area (Å²) in [6, 6.07) is 6.25. The van der Waals surface area contributed by atoms with Crippen LogP contribution in [0.4, 0.5) is 4.79 Å². The molecule has 0 radical (unpaired) electrons. The van der Waals surface area contributed by atoms with Gasteiger partial charge in [-0.15, -0.1) is 0 Å². The zero-order valence-electron chi connectivity index (χ0n) is 16.8. The SMILES string of the molecule is CC(C)n1ncc2ccc(-c3nc(C4CN(C(=O)OC(C)(C)C)C4)no3)cc21. The molecule has 0 atom stereocenters. The predicted molar refractivity (Wildman–Crippen MR) is 104 cm³/mol. The number of benzene rings is 1. The Morgan fingerprint density at radius 3 is 2.71 bits per heavy atom. The summed E-state index contributed by atoms with van der Waals surface area (Å²) in [6.45, 7) is 10.8. The first-order chi connectivity index (χ1) is 13.2. The molecular formula is C20H25N5O3. The molecule has 0 spiro atoms. The molecule has 1 saturated heterocycles. The summed E-state index contributed by atoms with van der Waals surface area (Å²) >= 11 is 0. The Morgan fingerprint density at radius 2 is 2.04 bits per heavy atom. The Labute approximate surface area is 163 Å². The lowest BCUT2D eigenvalue weighted by Gasteiger charge is -2.38. The molecule has 8 heteroatoms. The number of nitrogens with zero attached hydrogens (tertiary/aromatic N) is 5. The molecule has 4 rings (SSSR count). The second-order valence-electron chi connectivity index (χ2n) is 8.50. The van der Waals surface area contributed by atoms with Gasteiger partial charge in [0.1, 0.15) is 5.60 Å². The summed E-state index contributed by atoms with van der Waals surface area (Å²) in [5.74, 6) is 1.16. The van der Waals surface area contributed by atoms with Crippen LogP contribution in [0, 0.1) is 0 Å². The average molecular weight is 383 g/mol. The van der Waals surface area contributed by atoms with Crippen molar-refractivity contribution in [2.75, 3.05) is 13.1 Å². The van der Waals surface area contributed by atoms with Crippen molar-refractivity contribution in [3.8, 4) is 11.5 Å². The second kappa shape index (κ2) is 6.61. The quantitative estimate of drug-likeness (QED) is 0.679. The smallest absolute Gasteiger partial charge is 0.410 e. The third-order valence-electron chi connectivity index (χ3n) is 4.67. The highest BCUT2D eigenvalue weighted by atomic mass is 16.6. The maximum Gasteiger partial charge on any atom is 0.410 e. The number of carbonyl (C=O) groups is 1. The summed E-state index contributed by atoms with van der Waals surface area (Å²) in [7, 11) is 0. The van der Waals surface area contributed by atoms with Gasteiger partial charge in [-0.05, 0) is 46.8 Å². The lowest BCUT2D eigenvalue weighted by atomic mass is 10.0. The van der Waals surface area contributed by atoms with Crippen LogP contribution < -0.4 is 0 Å². The van der Waals surface area contributed by atoms with Gasteiger partial charge < -0.3 is 14.2 Å². The van der Waals surface area contributed by atoms with Crippen LogP contribution in [0.2, 0.25) is 0 Å². The van der Waals surface area contributed by atoms with Gasteiger partial charge in [0, 0.05) is 30.1 Å². The zero-order chi connectivity index (χ0) is 20.1. The molecule has 0 bridgehead atoms. The van der Waals surface area contributed by atoms with Crippen LogP contribution in [0.5, 0.6) is 0 Å². The Kier molecular flexibility index (Phi) is 4.36. The Balaban J connectivity index is 1.48. The molecule has 1 aliphatic heterocycles. The summed E-state index contributed by atoms with van der Waals surface area (Å²) in [5, 5.41) is 9.63. The summed E-state index contributed by atoms with van der Waals surface area (Å²) in [4.78, 5) is 18.3. The Morgan fingerprint density at radius 1 is 1.29 bits per heavy atom. The molecule has 148 valence electrons. The summed E-state index contributed by atoms with van der Waals surface area (Å²) in [6.07, 6.45) is 1.55. The molecule has 1 aromatic carbocycles. The Bertz CT molecular complexity index is 1010. The molecule has 28 heavy (non-hydrogen) atoms. The standard InChI is InChI=1S/C20H25N5O3/c1-12(2)25-16-8-13(6-7-14(16)9-21-25)18-22-17(23-28-18)15-10-24(11-15)19(26)27-20(3,4)5/h6-9,12,15H,10-11H2,1-5H3. The third kappa shape index (κ3) is 3.46. The first-order valence-electron chi connectivity index (χ1n) is 9.50. The fraction of sp³-hybridized carbons (Fsp3) is 0.500. The van der Waals surface area contributed by atoms with Crippen molar-refractivity contribution < 1.29 is 14.1 Å². The van der Waals surface area contributed by atoms with Crippen LogP contribution in [-0.4, -0.2) is 49.6 Å². The summed E-state index contributed by atoms with van der Waals surface area (Å²) in [5.41, 5.74) is 1.40. The van der Waals surface area contributed by atoms with Gasteiger partial charge in [0.25, 0.3) is 5.89 Å². The molecule has 3 heterocycles. The van der Waals surface area contributed by atoms with Crippen LogP contribution in [0.15, 0.2) is 28.9 Å². The summed E-state index contributed by atoms with van der Waals surface area (Å²) < 4.78 is 12.8. The number of hydrogen-bond acceptors (Lipinski definition) is 6. The lowest BCUT2D eigenvalue weighted by Crippen LogP contribution is -2.50. The molecule has 0 N–H and O–H groups in total. The van der Waals surface area contributed by atoms with E-state index in [0.717, 1.165) is 16.5 Å². The number of fused-ring (bicyclic) bond motifs is 1. The highest BCUT2D eigenvalue weighted by Crippen LogP contribution is 2.30. The fourth-order valence-corrected chi connectivity index (χ4v) is 3.22. The van der Waals surface area contributed by atoms with E-state index in [9.17, 15) is 4.79 Å². The highest BCUT2D eigenvalue weighted by molar-refractivity contribution is 5.83. The van der Waals surface area contributed by atoms with Gasteiger partial charge in [0.2, 0.25) is 0 Å². The van der Waals surface area contributed by atoms with E-state index in [1.54, 1.807) is 4.90 Å². The van der Waals surface area contributed by atoms with Crippen molar-refractivity contribution >= 4 is 17.0 Å². The van der Waals surface area contributed by atoms with Gasteiger partial charge in [-0.2, -0.15) is 10.1 Å².